The van der Waals surface area contributed by atoms with Crippen LogP contribution < -0.4 is 11.1 Å². The van der Waals surface area contributed by atoms with E-state index in [1.807, 2.05) is 12.1 Å². The summed E-state index contributed by atoms with van der Waals surface area (Å²) in [6, 6.07) is 7.00. The van der Waals surface area contributed by atoms with Gasteiger partial charge < -0.3 is 15.5 Å². The lowest BCUT2D eigenvalue weighted by atomic mass is 10.0. The van der Waals surface area contributed by atoms with E-state index in [0.717, 1.165) is 10.9 Å². The summed E-state index contributed by atoms with van der Waals surface area (Å²) in [5.41, 5.74) is 6.91. The molecule has 0 saturated carbocycles. The second-order valence-electron chi connectivity index (χ2n) is 5.27. The molecule has 0 bridgehead atoms. The molecular formula is C15H18BrN3O2. The van der Waals surface area contributed by atoms with Crippen LogP contribution in [0.2, 0.25) is 0 Å². The first-order chi connectivity index (χ1) is 9.95. The fourth-order valence-electron chi connectivity index (χ4n) is 1.90. The summed E-state index contributed by atoms with van der Waals surface area (Å²) in [6.45, 7) is 4.15. The zero-order valence-corrected chi connectivity index (χ0v) is 13.6. The van der Waals surface area contributed by atoms with E-state index in [2.05, 4.69) is 40.1 Å². The van der Waals surface area contributed by atoms with E-state index in [1.54, 1.807) is 12.1 Å². The van der Waals surface area contributed by atoms with Crippen molar-refractivity contribution in [3.05, 3.63) is 46.6 Å². The molecular weight excluding hydrogens is 334 g/mol. The van der Waals surface area contributed by atoms with Crippen LogP contribution >= 0.6 is 15.9 Å². The van der Waals surface area contributed by atoms with Gasteiger partial charge in [0.25, 0.3) is 5.91 Å². The zero-order chi connectivity index (χ0) is 15.4. The normalized spacial score (nSPS) is 12.4. The van der Waals surface area contributed by atoms with Gasteiger partial charge >= 0.3 is 0 Å². The molecule has 6 heteroatoms. The van der Waals surface area contributed by atoms with Gasteiger partial charge in [-0.3, -0.25) is 4.79 Å². The molecule has 3 N–H and O–H groups in total. The van der Waals surface area contributed by atoms with Crippen LogP contribution in [0, 0.1) is 5.92 Å². The largest absolute Gasteiger partial charge is 0.446 e. The predicted octanol–water partition coefficient (Wildman–Crippen LogP) is 3.74. The van der Waals surface area contributed by atoms with Crippen LogP contribution in [0.5, 0.6) is 0 Å². The minimum Gasteiger partial charge on any atom is -0.446 e. The molecule has 1 heterocycles. The third kappa shape index (κ3) is 4.41. The fourth-order valence-corrected chi connectivity index (χ4v) is 2.16. The maximum absolute atomic E-state index is 12.1. The van der Waals surface area contributed by atoms with Crippen molar-refractivity contribution in [1.82, 2.24) is 4.98 Å². The van der Waals surface area contributed by atoms with Crippen molar-refractivity contribution in [2.75, 3.05) is 5.32 Å². The van der Waals surface area contributed by atoms with Crippen LogP contribution in [-0.2, 0) is 0 Å². The molecule has 1 unspecified atom stereocenters. The van der Waals surface area contributed by atoms with Crippen molar-refractivity contribution in [3.8, 4) is 0 Å². The summed E-state index contributed by atoms with van der Waals surface area (Å²) in [7, 11) is 0. The maximum atomic E-state index is 12.1. The quantitative estimate of drug-likeness (QED) is 0.859. The highest BCUT2D eigenvalue weighted by Gasteiger charge is 2.18. The van der Waals surface area contributed by atoms with Crippen molar-refractivity contribution in [3.63, 3.8) is 0 Å². The zero-order valence-electron chi connectivity index (χ0n) is 12.0. The number of carbonyl (C=O) groups excluding carboxylic acids is 1. The Labute approximate surface area is 132 Å². The number of anilines is 1. The van der Waals surface area contributed by atoms with E-state index in [4.69, 9.17) is 10.2 Å². The van der Waals surface area contributed by atoms with Crippen molar-refractivity contribution >= 4 is 27.5 Å². The summed E-state index contributed by atoms with van der Waals surface area (Å²) < 4.78 is 6.25. The van der Waals surface area contributed by atoms with Gasteiger partial charge in [0.05, 0.1) is 6.04 Å². The average molecular weight is 352 g/mol. The second kappa shape index (κ2) is 6.87. The first-order valence-corrected chi connectivity index (χ1v) is 7.53. The second-order valence-corrected chi connectivity index (χ2v) is 6.18. The van der Waals surface area contributed by atoms with Gasteiger partial charge in [0, 0.05) is 10.2 Å². The van der Waals surface area contributed by atoms with Gasteiger partial charge in [0.1, 0.15) is 6.26 Å². The van der Waals surface area contributed by atoms with Crippen LogP contribution in [-0.4, -0.2) is 10.9 Å². The van der Waals surface area contributed by atoms with E-state index in [-0.39, 0.29) is 17.6 Å². The predicted molar refractivity (Wildman–Crippen MR) is 85.0 cm³/mol. The number of amides is 1. The Morgan fingerprint density at radius 2 is 2.05 bits per heavy atom. The number of nitrogens with zero attached hydrogens (tertiary/aromatic N) is 1. The van der Waals surface area contributed by atoms with Gasteiger partial charge in [-0.15, -0.1) is 0 Å². The lowest BCUT2D eigenvalue weighted by Gasteiger charge is -2.09. The maximum Gasteiger partial charge on any atom is 0.277 e. The summed E-state index contributed by atoms with van der Waals surface area (Å²) in [4.78, 5) is 16.2. The molecule has 0 spiro atoms. The number of hydrogen-bond acceptors (Lipinski definition) is 4. The highest BCUT2D eigenvalue weighted by atomic mass is 79.9. The summed E-state index contributed by atoms with van der Waals surface area (Å²) in [6.07, 6.45) is 2.10. The lowest BCUT2D eigenvalue weighted by Crippen LogP contribution is -2.15. The highest BCUT2D eigenvalue weighted by molar-refractivity contribution is 9.10. The molecule has 1 amide bonds. The molecule has 0 fully saturated rings. The number of nitrogens with two attached hydrogens (primary N) is 1. The third-order valence-electron chi connectivity index (χ3n) is 2.90. The monoisotopic (exact) mass is 351 g/mol. The SMILES string of the molecule is CC(C)CC(N)c1nc(C(=O)Nc2ccc(Br)cc2)co1. The lowest BCUT2D eigenvalue weighted by molar-refractivity contribution is 0.102. The molecule has 1 aromatic heterocycles. The standard InChI is InChI=1S/C15H18BrN3O2/c1-9(2)7-12(17)15-19-13(8-21-15)14(20)18-11-5-3-10(16)4-6-11/h3-6,8-9,12H,7,17H2,1-2H3,(H,18,20). The van der Waals surface area contributed by atoms with Crippen LogP contribution in [0.1, 0.15) is 42.7 Å². The molecule has 2 aromatic rings. The van der Waals surface area contributed by atoms with Crippen molar-refractivity contribution in [1.29, 1.82) is 0 Å². The molecule has 0 aliphatic rings. The van der Waals surface area contributed by atoms with Crippen LogP contribution in [0.15, 0.2) is 39.4 Å². The number of rotatable bonds is 5. The minimum absolute atomic E-state index is 0.229. The molecule has 21 heavy (non-hydrogen) atoms. The van der Waals surface area contributed by atoms with Crippen LogP contribution in [0.3, 0.4) is 0 Å². The number of nitrogens with one attached hydrogen (secondary N) is 1. The van der Waals surface area contributed by atoms with E-state index in [1.165, 1.54) is 6.26 Å². The van der Waals surface area contributed by atoms with E-state index in [0.29, 0.717) is 17.5 Å². The van der Waals surface area contributed by atoms with Crippen LogP contribution in [0.25, 0.3) is 0 Å². The Morgan fingerprint density at radius 3 is 2.67 bits per heavy atom. The van der Waals surface area contributed by atoms with Crippen LogP contribution in [0.4, 0.5) is 5.69 Å². The summed E-state index contributed by atoms with van der Waals surface area (Å²) in [5.74, 6) is 0.515. The van der Waals surface area contributed by atoms with E-state index in [9.17, 15) is 4.79 Å². The Balaban J connectivity index is 2.03. The van der Waals surface area contributed by atoms with Gasteiger partial charge in [-0.2, -0.15) is 0 Å². The Hall–Kier alpha value is -1.66. The highest BCUT2D eigenvalue weighted by Crippen LogP contribution is 2.19. The molecule has 2 rings (SSSR count). The van der Waals surface area contributed by atoms with Crippen molar-refractivity contribution in [2.24, 2.45) is 11.7 Å². The van der Waals surface area contributed by atoms with Gasteiger partial charge in [0.15, 0.2) is 5.69 Å². The Kier molecular flexibility index (Phi) is 5.14. The first kappa shape index (κ1) is 15.7. The van der Waals surface area contributed by atoms with Crippen molar-refractivity contribution < 1.29 is 9.21 Å². The molecule has 1 atom stereocenters. The average Bonchev–Trinajstić information content (AvgIpc) is 2.90. The number of hydrogen-bond donors (Lipinski definition) is 2. The Morgan fingerprint density at radius 1 is 1.38 bits per heavy atom. The van der Waals surface area contributed by atoms with Gasteiger partial charge in [-0.05, 0) is 36.6 Å². The number of oxazole rings is 1. The molecule has 5 nitrogen and oxygen atoms in total. The minimum atomic E-state index is -0.316. The van der Waals surface area contributed by atoms with Gasteiger partial charge in [-0.25, -0.2) is 4.98 Å². The summed E-state index contributed by atoms with van der Waals surface area (Å²) >= 11 is 3.34. The number of aromatic nitrogens is 1. The first-order valence-electron chi connectivity index (χ1n) is 6.73. The topological polar surface area (TPSA) is 81.1 Å². The Bertz CT molecular complexity index is 608. The van der Waals surface area contributed by atoms with E-state index < -0.39 is 0 Å². The van der Waals surface area contributed by atoms with E-state index >= 15 is 0 Å². The third-order valence-corrected chi connectivity index (χ3v) is 3.43. The molecule has 0 aliphatic heterocycles. The summed E-state index contributed by atoms with van der Waals surface area (Å²) in [5, 5.41) is 2.76. The number of carbonyl (C=O) groups is 1. The molecule has 1 aromatic carbocycles. The van der Waals surface area contributed by atoms with Gasteiger partial charge in [0.2, 0.25) is 5.89 Å². The smallest absolute Gasteiger partial charge is 0.277 e. The molecule has 0 saturated heterocycles. The van der Waals surface area contributed by atoms with Crippen molar-refractivity contribution in [2.45, 2.75) is 26.3 Å². The molecule has 112 valence electrons. The van der Waals surface area contributed by atoms with Gasteiger partial charge in [-0.1, -0.05) is 29.8 Å². The number of benzene rings is 1. The molecule has 0 radical (unpaired) electrons. The number of halogens is 1. The fraction of sp³-hybridized carbons (Fsp3) is 0.333. The molecule has 0 aliphatic carbocycles.